The van der Waals surface area contributed by atoms with Crippen LogP contribution in [0, 0.1) is 6.92 Å². The lowest BCUT2D eigenvalue weighted by atomic mass is 10.2. The Bertz CT molecular complexity index is 416. The minimum atomic E-state index is -0.404. The molecular formula is C8H8BrClN2O2. The van der Waals surface area contributed by atoms with Crippen molar-refractivity contribution in [3.8, 4) is 0 Å². The monoisotopic (exact) mass is 278 g/mol. The lowest BCUT2D eigenvalue weighted by Gasteiger charge is -2.06. The topological polar surface area (TPSA) is 62.0 Å². The molecule has 1 amide bonds. The van der Waals surface area contributed by atoms with Gasteiger partial charge in [0.2, 0.25) is 5.91 Å². The number of H-pyrrole nitrogens is 1. The van der Waals surface area contributed by atoms with Crippen LogP contribution in [0.3, 0.4) is 0 Å². The van der Waals surface area contributed by atoms with Crippen molar-refractivity contribution in [2.24, 2.45) is 0 Å². The standard InChI is InChI=1S/C8H8BrClN2O2/c1-4-5(9)3-11-8(14)7(4)12-6(13)2-10/h3H,2H2,1H3,(H,11,14)(H,12,13). The van der Waals surface area contributed by atoms with Crippen molar-refractivity contribution >= 4 is 39.1 Å². The summed E-state index contributed by atoms with van der Waals surface area (Å²) in [5.74, 6) is -0.579. The lowest BCUT2D eigenvalue weighted by molar-refractivity contribution is -0.113. The molecule has 0 saturated carbocycles. The van der Waals surface area contributed by atoms with Crippen molar-refractivity contribution in [3.63, 3.8) is 0 Å². The van der Waals surface area contributed by atoms with Gasteiger partial charge in [0.05, 0.1) is 0 Å². The Kier molecular flexibility index (Phi) is 3.71. The molecule has 1 aromatic heterocycles. The van der Waals surface area contributed by atoms with E-state index in [1.807, 2.05) is 0 Å². The van der Waals surface area contributed by atoms with E-state index >= 15 is 0 Å². The number of amides is 1. The molecule has 0 aliphatic rings. The molecule has 0 aliphatic carbocycles. The van der Waals surface area contributed by atoms with E-state index in [-0.39, 0.29) is 17.1 Å². The molecular weight excluding hydrogens is 271 g/mol. The minimum Gasteiger partial charge on any atom is -0.326 e. The lowest BCUT2D eigenvalue weighted by Crippen LogP contribution is -2.21. The van der Waals surface area contributed by atoms with Crippen molar-refractivity contribution in [1.82, 2.24) is 4.98 Å². The van der Waals surface area contributed by atoms with Crippen molar-refractivity contribution < 1.29 is 4.79 Å². The van der Waals surface area contributed by atoms with Crippen molar-refractivity contribution in [2.75, 3.05) is 11.2 Å². The van der Waals surface area contributed by atoms with E-state index in [1.165, 1.54) is 6.20 Å². The number of nitrogens with one attached hydrogen (secondary N) is 2. The number of aromatic nitrogens is 1. The SMILES string of the molecule is Cc1c(Br)c[nH]c(=O)c1NC(=O)CCl. The number of anilines is 1. The summed E-state index contributed by atoms with van der Waals surface area (Å²) in [6, 6.07) is 0. The highest BCUT2D eigenvalue weighted by Crippen LogP contribution is 2.18. The van der Waals surface area contributed by atoms with Crippen LogP contribution in [0.1, 0.15) is 5.56 Å². The van der Waals surface area contributed by atoms with Gasteiger partial charge in [-0.25, -0.2) is 0 Å². The van der Waals surface area contributed by atoms with Crippen LogP contribution in [-0.4, -0.2) is 16.8 Å². The van der Waals surface area contributed by atoms with Crippen LogP contribution in [0.5, 0.6) is 0 Å². The number of hydrogen-bond acceptors (Lipinski definition) is 2. The van der Waals surface area contributed by atoms with Gasteiger partial charge in [-0.05, 0) is 28.4 Å². The highest BCUT2D eigenvalue weighted by molar-refractivity contribution is 9.10. The van der Waals surface area contributed by atoms with E-state index in [4.69, 9.17) is 11.6 Å². The number of pyridine rings is 1. The summed E-state index contributed by atoms with van der Waals surface area (Å²) in [4.78, 5) is 24.8. The Morgan fingerprint density at radius 2 is 2.36 bits per heavy atom. The first-order chi connectivity index (χ1) is 6.56. The van der Waals surface area contributed by atoms with E-state index in [0.29, 0.717) is 5.56 Å². The van der Waals surface area contributed by atoms with Gasteiger partial charge in [0.25, 0.3) is 5.56 Å². The van der Waals surface area contributed by atoms with Crippen molar-refractivity contribution in [2.45, 2.75) is 6.92 Å². The second kappa shape index (κ2) is 4.61. The summed E-state index contributed by atoms with van der Waals surface area (Å²) in [6.45, 7) is 1.73. The smallest absolute Gasteiger partial charge is 0.272 e. The Hall–Kier alpha value is -0.810. The average molecular weight is 280 g/mol. The first-order valence-corrected chi connectivity index (χ1v) is 5.12. The van der Waals surface area contributed by atoms with Crippen LogP contribution < -0.4 is 10.9 Å². The predicted molar refractivity (Wildman–Crippen MR) is 58.8 cm³/mol. The van der Waals surface area contributed by atoms with Gasteiger partial charge in [0.1, 0.15) is 11.6 Å². The van der Waals surface area contributed by atoms with Gasteiger partial charge in [-0.1, -0.05) is 0 Å². The zero-order valence-corrected chi connectivity index (χ0v) is 9.70. The second-order valence-corrected chi connectivity index (χ2v) is 3.77. The Balaban J connectivity index is 3.13. The van der Waals surface area contributed by atoms with Crippen LogP contribution in [-0.2, 0) is 4.79 Å². The Morgan fingerprint density at radius 1 is 1.71 bits per heavy atom. The number of aromatic amines is 1. The number of halogens is 2. The molecule has 0 saturated heterocycles. The van der Waals surface area contributed by atoms with Crippen molar-refractivity contribution in [1.29, 1.82) is 0 Å². The number of carbonyl (C=O) groups is 1. The molecule has 0 spiro atoms. The molecule has 0 aromatic carbocycles. The molecule has 6 heteroatoms. The molecule has 4 nitrogen and oxygen atoms in total. The quantitative estimate of drug-likeness (QED) is 0.808. The molecule has 0 aliphatic heterocycles. The maximum atomic E-state index is 11.3. The summed E-state index contributed by atoms with van der Waals surface area (Å²) in [7, 11) is 0. The molecule has 14 heavy (non-hydrogen) atoms. The number of rotatable bonds is 2. The molecule has 0 atom stereocenters. The summed E-state index contributed by atoms with van der Waals surface area (Å²) in [5, 5.41) is 2.42. The largest absolute Gasteiger partial charge is 0.326 e. The minimum absolute atomic E-state index is 0.175. The zero-order valence-electron chi connectivity index (χ0n) is 7.36. The van der Waals surface area contributed by atoms with Crippen LogP contribution >= 0.6 is 27.5 Å². The molecule has 0 radical (unpaired) electrons. The van der Waals surface area contributed by atoms with Gasteiger partial charge in [-0.15, -0.1) is 11.6 Å². The third-order valence-corrected chi connectivity index (χ3v) is 2.74. The molecule has 1 rings (SSSR count). The molecule has 1 heterocycles. The number of carbonyl (C=O) groups excluding carboxylic acids is 1. The Labute approximate surface area is 93.8 Å². The van der Waals surface area contributed by atoms with Gasteiger partial charge >= 0.3 is 0 Å². The number of alkyl halides is 1. The highest BCUT2D eigenvalue weighted by atomic mass is 79.9. The fraction of sp³-hybridized carbons (Fsp3) is 0.250. The Morgan fingerprint density at radius 3 is 2.93 bits per heavy atom. The predicted octanol–water partition coefficient (Wildman–Crippen LogP) is 1.62. The van der Waals surface area contributed by atoms with E-state index in [2.05, 4.69) is 26.2 Å². The first-order valence-electron chi connectivity index (χ1n) is 3.80. The fourth-order valence-electron chi connectivity index (χ4n) is 0.922. The van der Waals surface area contributed by atoms with Gasteiger partial charge in [-0.2, -0.15) is 0 Å². The van der Waals surface area contributed by atoms with Gasteiger partial charge < -0.3 is 10.3 Å². The average Bonchev–Trinajstić information content (AvgIpc) is 2.18. The molecule has 0 bridgehead atoms. The van der Waals surface area contributed by atoms with E-state index in [0.717, 1.165) is 4.47 Å². The normalized spacial score (nSPS) is 9.93. The van der Waals surface area contributed by atoms with Gasteiger partial charge in [-0.3, -0.25) is 9.59 Å². The summed E-state index contributed by atoms with van der Waals surface area (Å²) < 4.78 is 0.724. The van der Waals surface area contributed by atoms with E-state index in [1.54, 1.807) is 6.92 Å². The molecule has 76 valence electrons. The maximum absolute atomic E-state index is 11.3. The van der Waals surface area contributed by atoms with Crippen LogP contribution in [0.25, 0.3) is 0 Å². The molecule has 0 unspecified atom stereocenters. The van der Waals surface area contributed by atoms with Crippen LogP contribution in [0.4, 0.5) is 5.69 Å². The summed E-state index contributed by atoms with van der Waals surface area (Å²) >= 11 is 8.55. The van der Waals surface area contributed by atoms with Crippen LogP contribution in [0.15, 0.2) is 15.5 Å². The fourth-order valence-corrected chi connectivity index (χ4v) is 1.30. The third kappa shape index (κ3) is 2.36. The van der Waals surface area contributed by atoms with Crippen LogP contribution in [0.2, 0.25) is 0 Å². The first kappa shape index (κ1) is 11.3. The molecule has 1 aromatic rings. The third-order valence-electron chi connectivity index (χ3n) is 1.68. The van der Waals surface area contributed by atoms with Crippen molar-refractivity contribution in [3.05, 3.63) is 26.6 Å². The molecule has 0 fully saturated rings. The van der Waals surface area contributed by atoms with E-state index in [9.17, 15) is 9.59 Å². The maximum Gasteiger partial charge on any atom is 0.272 e. The van der Waals surface area contributed by atoms with Gasteiger partial charge in [0, 0.05) is 10.7 Å². The second-order valence-electron chi connectivity index (χ2n) is 2.65. The zero-order chi connectivity index (χ0) is 10.7. The molecule has 2 N–H and O–H groups in total. The summed E-state index contributed by atoms with van der Waals surface area (Å²) in [5.41, 5.74) is 0.557. The van der Waals surface area contributed by atoms with E-state index < -0.39 is 5.91 Å². The highest BCUT2D eigenvalue weighted by Gasteiger charge is 2.09. The number of hydrogen-bond donors (Lipinski definition) is 2. The summed E-state index contributed by atoms with van der Waals surface area (Å²) in [6.07, 6.45) is 1.52. The van der Waals surface area contributed by atoms with Gasteiger partial charge in [0.15, 0.2) is 0 Å².